The van der Waals surface area contributed by atoms with E-state index in [2.05, 4.69) is 5.32 Å². The van der Waals surface area contributed by atoms with E-state index in [0.717, 1.165) is 12.0 Å². The number of nitrogens with one attached hydrogen (secondary N) is 1. The van der Waals surface area contributed by atoms with Crippen LogP contribution >= 0.6 is 11.6 Å². The average molecular weight is 425 g/mol. The second-order valence-corrected chi connectivity index (χ2v) is 8.02. The van der Waals surface area contributed by atoms with E-state index in [0.29, 0.717) is 19.4 Å². The predicted octanol–water partition coefficient (Wildman–Crippen LogP) is 0.899. The van der Waals surface area contributed by atoms with Crippen molar-refractivity contribution in [2.24, 2.45) is 23.1 Å². The van der Waals surface area contributed by atoms with E-state index in [1.165, 1.54) is 0 Å². The molecule has 4 unspecified atom stereocenters. The van der Waals surface area contributed by atoms with Gasteiger partial charge in [-0.05, 0) is 37.3 Å². The molecule has 7 nitrogen and oxygen atoms in total. The van der Waals surface area contributed by atoms with Crippen LogP contribution in [0, 0.1) is 5.92 Å². The van der Waals surface area contributed by atoms with Crippen molar-refractivity contribution in [2.75, 3.05) is 6.54 Å². The zero-order valence-electron chi connectivity index (χ0n) is 17.1. The van der Waals surface area contributed by atoms with Gasteiger partial charge in [0.15, 0.2) is 16.9 Å². The van der Waals surface area contributed by atoms with Gasteiger partial charge < -0.3 is 22.5 Å². The van der Waals surface area contributed by atoms with E-state index in [1.807, 2.05) is 44.2 Å². The van der Waals surface area contributed by atoms with E-state index in [1.54, 1.807) is 0 Å². The Hall–Kier alpha value is -1.80. The van der Waals surface area contributed by atoms with E-state index < -0.39 is 41.0 Å². The highest BCUT2D eigenvalue weighted by atomic mass is 35.5. The quantitative estimate of drug-likeness (QED) is 0.210. The lowest BCUT2D eigenvalue weighted by atomic mass is 9.94. The molecule has 0 aliphatic rings. The second-order valence-electron chi connectivity index (χ2n) is 7.58. The minimum absolute atomic E-state index is 0.105. The van der Waals surface area contributed by atoms with Crippen LogP contribution < -0.4 is 22.5 Å². The average Bonchev–Trinajstić information content (AvgIpc) is 2.71. The summed E-state index contributed by atoms with van der Waals surface area (Å²) in [6, 6.07) is 6.57. The maximum Gasteiger partial charge on any atom is 0.237 e. The third-order valence-electron chi connectivity index (χ3n) is 4.80. The first kappa shape index (κ1) is 25.2. The number of Topliss-reactive ketones (excluding diaryl/α,β-unsaturated/α-hetero) is 2. The summed E-state index contributed by atoms with van der Waals surface area (Å²) in [5.41, 5.74) is 18.1. The largest absolute Gasteiger partial charge is 0.345 e. The van der Waals surface area contributed by atoms with Gasteiger partial charge in [0.05, 0.1) is 18.1 Å². The SMILES string of the molecule is CC(C)C(N)C(=O)NC(Cc1ccccc1)C(=O)C(Cl)C(=O)C(N)CCCCN. The number of rotatable bonds is 13. The van der Waals surface area contributed by atoms with Crippen LogP contribution in [-0.4, -0.2) is 47.5 Å². The minimum Gasteiger partial charge on any atom is -0.345 e. The molecule has 0 aliphatic heterocycles. The zero-order chi connectivity index (χ0) is 22.0. The van der Waals surface area contributed by atoms with Gasteiger partial charge in [0.2, 0.25) is 5.91 Å². The molecule has 0 fully saturated rings. The summed E-state index contributed by atoms with van der Waals surface area (Å²) in [5, 5.41) is 1.23. The smallest absolute Gasteiger partial charge is 0.237 e. The summed E-state index contributed by atoms with van der Waals surface area (Å²) < 4.78 is 0. The lowest BCUT2D eigenvalue weighted by molar-refractivity contribution is -0.132. The molecule has 162 valence electrons. The van der Waals surface area contributed by atoms with Crippen molar-refractivity contribution in [1.82, 2.24) is 5.32 Å². The van der Waals surface area contributed by atoms with E-state index in [-0.39, 0.29) is 12.3 Å². The lowest BCUT2D eigenvalue weighted by Gasteiger charge is -2.24. The number of carbonyl (C=O) groups excluding carboxylic acids is 3. The van der Waals surface area contributed by atoms with Gasteiger partial charge >= 0.3 is 0 Å². The van der Waals surface area contributed by atoms with E-state index in [4.69, 9.17) is 28.8 Å². The topological polar surface area (TPSA) is 141 Å². The van der Waals surface area contributed by atoms with Crippen LogP contribution in [0.1, 0.15) is 38.7 Å². The number of unbranched alkanes of at least 4 members (excludes halogenated alkanes) is 1. The summed E-state index contributed by atoms with van der Waals surface area (Å²) >= 11 is 6.19. The van der Waals surface area contributed by atoms with E-state index >= 15 is 0 Å². The number of hydrogen-bond acceptors (Lipinski definition) is 6. The van der Waals surface area contributed by atoms with Gasteiger partial charge in [-0.25, -0.2) is 0 Å². The Bertz CT molecular complexity index is 669. The molecular formula is C21H33ClN4O3. The fourth-order valence-corrected chi connectivity index (χ4v) is 3.11. The Kier molecular flexibility index (Phi) is 11.0. The molecule has 0 spiro atoms. The summed E-state index contributed by atoms with van der Waals surface area (Å²) in [5.74, 6) is -1.70. The van der Waals surface area contributed by atoms with Gasteiger partial charge in [0.25, 0.3) is 0 Å². The Labute approximate surface area is 177 Å². The van der Waals surface area contributed by atoms with Crippen molar-refractivity contribution in [1.29, 1.82) is 0 Å². The number of nitrogens with two attached hydrogens (primary N) is 3. The molecule has 7 N–H and O–H groups in total. The molecule has 0 saturated heterocycles. The maximum atomic E-state index is 13.0. The van der Waals surface area contributed by atoms with Gasteiger partial charge in [-0.3, -0.25) is 14.4 Å². The molecule has 0 aromatic heterocycles. The van der Waals surface area contributed by atoms with Crippen molar-refractivity contribution in [3.8, 4) is 0 Å². The molecule has 0 bridgehead atoms. The number of hydrogen-bond donors (Lipinski definition) is 4. The number of amides is 1. The highest BCUT2D eigenvalue weighted by Crippen LogP contribution is 2.13. The number of halogens is 1. The summed E-state index contributed by atoms with van der Waals surface area (Å²) in [4.78, 5) is 37.9. The highest BCUT2D eigenvalue weighted by Gasteiger charge is 2.35. The van der Waals surface area contributed by atoms with Crippen LogP contribution in [0.4, 0.5) is 0 Å². The van der Waals surface area contributed by atoms with Crippen molar-refractivity contribution in [2.45, 2.75) is 63.0 Å². The van der Waals surface area contributed by atoms with Gasteiger partial charge in [-0.2, -0.15) is 0 Å². The van der Waals surface area contributed by atoms with Crippen molar-refractivity contribution in [3.63, 3.8) is 0 Å². The molecular weight excluding hydrogens is 392 g/mol. The van der Waals surface area contributed by atoms with Gasteiger partial charge in [-0.15, -0.1) is 11.6 Å². The number of ketones is 2. The van der Waals surface area contributed by atoms with Crippen LogP contribution in [0.2, 0.25) is 0 Å². The molecule has 29 heavy (non-hydrogen) atoms. The van der Waals surface area contributed by atoms with Gasteiger partial charge in [0.1, 0.15) is 0 Å². The van der Waals surface area contributed by atoms with Crippen molar-refractivity contribution < 1.29 is 14.4 Å². The first-order chi connectivity index (χ1) is 13.7. The third-order valence-corrected chi connectivity index (χ3v) is 5.23. The lowest BCUT2D eigenvalue weighted by Crippen LogP contribution is -2.54. The predicted molar refractivity (Wildman–Crippen MR) is 115 cm³/mol. The van der Waals surface area contributed by atoms with Crippen LogP contribution in [0.5, 0.6) is 0 Å². The first-order valence-corrected chi connectivity index (χ1v) is 10.4. The molecule has 8 heteroatoms. The Morgan fingerprint density at radius 1 is 1.03 bits per heavy atom. The van der Waals surface area contributed by atoms with Crippen LogP contribution in [0.25, 0.3) is 0 Å². The van der Waals surface area contributed by atoms with Crippen molar-refractivity contribution in [3.05, 3.63) is 35.9 Å². The number of carbonyl (C=O) groups is 3. The van der Waals surface area contributed by atoms with Gasteiger partial charge in [0, 0.05) is 0 Å². The Morgan fingerprint density at radius 3 is 2.21 bits per heavy atom. The standard InChI is InChI=1S/C21H33ClN4O3/c1-13(2)18(25)21(29)26-16(12-14-8-4-3-5-9-14)20(28)17(22)19(27)15(24)10-6-7-11-23/h3-5,8-9,13,15-18H,6-7,10-12,23-25H2,1-2H3,(H,26,29). The second kappa shape index (κ2) is 12.7. The molecule has 1 rings (SSSR count). The monoisotopic (exact) mass is 424 g/mol. The number of benzene rings is 1. The highest BCUT2D eigenvalue weighted by molar-refractivity contribution is 6.43. The normalized spacial score (nSPS) is 15.4. The molecule has 0 aliphatic carbocycles. The zero-order valence-corrected chi connectivity index (χ0v) is 17.9. The van der Waals surface area contributed by atoms with Crippen LogP contribution in [-0.2, 0) is 20.8 Å². The van der Waals surface area contributed by atoms with E-state index in [9.17, 15) is 14.4 Å². The van der Waals surface area contributed by atoms with Crippen LogP contribution in [0.3, 0.4) is 0 Å². The fourth-order valence-electron chi connectivity index (χ4n) is 2.80. The number of alkyl halides is 1. The van der Waals surface area contributed by atoms with Crippen molar-refractivity contribution >= 4 is 29.1 Å². The maximum absolute atomic E-state index is 13.0. The fraction of sp³-hybridized carbons (Fsp3) is 0.571. The molecule has 1 aromatic carbocycles. The minimum atomic E-state index is -1.44. The summed E-state index contributed by atoms with van der Waals surface area (Å²) in [6.07, 6.45) is 2.02. The molecule has 1 aromatic rings. The molecule has 0 heterocycles. The van der Waals surface area contributed by atoms with Crippen LogP contribution in [0.15, 0.2) is 30.3 Å². The molecule has 0 saturated carbocycles. The Morgan fingerprint density at radius 2 is 1.66 bits per heavy atom. The summed E-state index contributed by atoms with van der Waals surface area (Å²) in [7, 11) is 0. The third kappa shape index (κ3) is 8.22. The molecule has 1 amide bonds. The summed E-state index contributed by atoms with van der Waals surface area (Å²) in [6.45, 7) is 4.13. The van der Waals surface area contributed by atoms with Gasteiger partial charge in [-0.1, -0.05) is 50.6 Å². The Balaban J connectivity index is 2.93. The molecule has 4 atom stereocenters. The first-order valence-electron chi connectivity index (χ1n) is 9.96. The molecule has 0 radical (unpaired) electrons.